The van der Waals surface area contributed by atoms with Crippen LogP contribution in [0.2, 0.25) is 0 Å². The number of hydrogen-bond acceptors (Lipinski definition) is 4. The molecule has 0 saturated carbocycles. The number of anilines is 2. The molecule has 0 radical (unpaired) electrons. The Bertz CT molecular complexity index is 593. The topological polar surface area (TPSA) is 51.4 Å². The number of hydrogen-bond donors (Lipinski definition) is 1. The molecule has 0 amide bonds. The van der Waals surface area contributed by atoms with Gasteiger partial charge in [-0.25, -0.2) is 4.98 Å². The van der Waals surface area contributed by atoms with Crippen LogP contribution in [-0.4, -0.2) is 31.8 Å². The van der Waals surface area contributed by atoms with Gasteiger partial charge < -0.3 is 15.4 Å². The van der Waals surface area contributed by atoms with Crippen LogP contribution in [0, 0.1) is 5.92 Å². The van der Waals surface area contributed by atoms with Crippen molar-refractivity contribution in [1.29, 1.82) is 0 Å². The Morgan fingerprint density at radius 3 is 3.05 bits per heavy atom. The van der Waals surface area contributed by atoms with E-state index in [0.717, 1.165) is 42.2 Å². The van der Waals surface area contributed by atoms with E-state index in [1.165, 1.54) is 12.8 Å². The smallest absolute Gasteiger partial charge is 0.128 e. The standard InChI is InChI=1S/C16H21N3O/c1-19(10-12-3-2-8-20-11-12)16-7-4-13-9-14(17)5-6-15(13)18-16/h4-7,9,12H,2-3,8,10-11,17H2,1H3. The lowest BCUT2D eigenvalue weighted by molar-refractivity contribution is 0.0576. The van der Waals surface area contributed by atoms with Crippen molar-refractivity contribution in [2.75, 3.05) is 37.4 Å². The van der Waals surface area contributed by atoms with Crippen LogP contribution in [0.3, 0.4) is 0 Å². The predicted octanol–water partition coefficient (Wildman–Crippen LogP) is 2.68. The van der Waals surface area contributed by atoms with E-state index < -0.39 is 0 Å². The second kappa shape index (κ2) is 5.67. The molecule has 4 nitrogen and oxygen atoms in total. The van der Waals surface area contributed by atoms with Crippen molar-refractivity contribution in [1.82, 2.24) is 4.98 Å². The van der Waals surface area contributed by atoms with Gasteiger partial charge in [-0.2, -0.15) is 0 Å². The quantitative estimate of drug-likeness (QED) is 0.872. The third-order valence-corrected chi connectivity index (χ3v) is 3.88. The van der Waals surface area contributed by atoms with Crippen molar-refractivity contribution in [2.45, 2.75) is 12.8 Å². The van der Waals surface area contributed by atoms with Gasteiger partial charge in [0.2, 0.25) is 0 Å². The molecule has 2 heterocycles. The van der Waals surface area contributed by atoms with E-state index >= 15 is 0 Å². The fraction of sp³-hybridized carbons (Fsp3) is 0.438. The van der Waals surface area contributed by atoms with Gasteiger partial charge in [-0.15, -0.1) is 0 Å². The monoisotopic (exact) mass is 271 g/mol. The van der Waals surface area contributed by atoms with Gasteiger partial charge in [0, 0.05) is 31.3 Å². The molecule has 1 atom stereocenters. The van der Waals surface area contributed by atoms with E-state index in [9.17, 15) is 0 Å². The van der Waals surface area contributed by atoms with Crippen molar-refractivity contribution in [3.05, 3.63) is 30.3 Å². The molecule has 1 aromatic carbocycles. The maximum Gasteiger partial charge on any atom is 0.128 e. The number of benzene rings is 1. The minimum Gasteiger partial charge on any atom is -0.399 e. The van der Waals surface area contributed by atoms with E-state index in [2.05, 4.69) is 24.1 Å². The summed E-state index contributed by atoms with van der Waals surface area (Å²) in [7, 11) is 2.10. The first-order chi connectivity index (χ1) is 9.72. The van der Waals surface area contributed by atoms with Crippen LogP contribution in [0.25, 0.3) is 10.9 Å². The average Bonchev–Trinajstić information content (AvgIpc) is 2.47. The van der Waals surface area contributed by atoms with Crippen molar-refractivity contribution in [3.63, 3.8) is 0 Å². The Labute approximate surface area is 119 Å². The summed E-state index contributed by atoms with van der Waals surface area (Å²) in [6.45, 7) is 2.78. The first-order valence-electron chi connectivity index (χ1n) is 7.17. The second-order valence-electron chi connectivity index (χ2n) is 5.59. The largest absolute Gasteiger partial charge is 0.399 e. The molecule has 0 spiro atoms. The van der Waals surface area contributed by atoms with Gasteiger partial charge in [-0.3, -0.25) is 0 Å². The van der Waals surface area contributed by atoms with Gasteiger partial charge in [0.15, 0.2) is 0 Å². The highest BCUT2D eigenvalue weighted by molar-refractivity contribution is 5.83. The van der Waals surface area contributed by atoms with Crippen LogP contribution in [0.5, 0.6) is 0 Å². The third-order valence-electron chi connectivity index (χ3n) is 3.88. The minimum absolute atomic E-state index is 0.609. The first-order valence-corrected chi connectivity index (χ1v) is 7.17. The summed E-state index contributed by atoms with van der Waals surface area (Å²) < 4.78 is 5.54. The highest BCUT2D eigenvalue weighted by Crippen LogP contribution is 2.21. The summed E-state index contributed by atoms with van der Waals surface area (Å²) in [5.74, 6) is 1.62. The second-order valence-corrected chi connectivity index (χ2v) is 5.59. The van der Waals surface area contributed by atoms with Crippen molar-refractivity contribution < 1.29 is 4.74 Å². The molecule has 1 fully saturated rings. The van der Waals surface area contributed by atoms with Gasteiger partial charge in [-0.05, 0) is 49.1 Å². The molecular weight excluding hydrogens is 250 g/mol. The maximum absolute atomic E-state index is 5.79. The summed E-state index contributed by atoms with van der Waals surface area (Å²) in [5, 5.41) is 1.09. The number of nitrogens with two attached hydrogens (primary N) is 1. The fourth-order valence-corrected chi connectivity index (χ4v) is 2.78. The van der Waals surface area contributed by atoms with Crippen LogP contribution < -0.4 is 10.6 Å². The average molecular weight is 271 g/mol. The van der Waals surface area contributed by atoms with Gasteiger partial charge in [0.05, 0.1) is 12.1 Å². The zero-order chi connectivity index (χ0) is 13.9. The third kappa shape index (κ3) is 2.85. The zero-order valence-corrected chi connectivity index (χ0v) is 11.9. The predicted molar refractivity (Wildman–Crippen MR) is 83.0 cm³/mol. The Balaban J connectivity index is 1.76. The molecule has 1 unspecified atom stereocenters. The highest BCUT2D eigenvalue weighted by Gasteiger charge is 2.16. The Hall–Kier alpha value is -1.81. The van der Waals surface area contributed by atoms with E-state index in [0.29, 0.717) is 5.92 Å². The molecule has 1 saturated heterocycles. The molecule has 2 N–H and O–H groups in total. The zero-order valence-electron chi connectivity index (χ0n) is 11.9. The molecule has 0 bridgehead atoms. The molecule has 106 valence electrons. The normalized spacial score (nSPS) is 19.1. The van der Waals surface area contributed by atoms with E-state index in [-0.39, 0.29) is 0 Å². The number of pyridine rings is 1. The fourth-order valence-electron chi connectivity index (χ4n) is 2.78. The van der Waals surface area contributed by atoms with Crippen LogP contribution in [0.4, 0.5) is 11.5 Å². The van der Waals surface area contributed by atoms with Gasteiger partial charge in [0.25, 0.3) is 0 Å². The van der Waals surface area contributed by atoms with E-state index in [1.807, 2.05) is 18.2 Å². The summed E-state index contributed by atoms with van der Waals surface area (Å²) >= 11 is 0. The molecule has 4 heteroatoms. The van der Waals surface area contributed by atoms with Crippen LogP contribution >= 0.6 is 0 Å². The van der Waals surface area contributed by atoms with Crippen molar-refractivity contribution >= 4 is 22.4 Å². The Morgan fingerprint density at radius 1 is 1.35 bits per heavy atom. The van der Waals surface area contributed by atoms with E-state index in [1.54, 1.807) is 0 Å². The lowest BCUT2D eigenvalue weighted by Gasteiger charge is -2.27. The van der Waals surface area contributed by atoms with Crippen LogP contribution in [0.1, 0.15) is 12.8 Å². The number of nitrogen functional groups attached to an aromatic ring is 1. The molecular formula is C16H21N3O. The molecule has 20 heavy (non-hydrogen) atoms. The number of nitrogens with zero attached hydrogens (tertiary/aromatic N) is 2. The molecule has 1 aliphatic rings. The Kier molecular flexibility index (Phi) is 3.74. The summed E-state index contributed by atoms with van der Waals surface area (Å²) in [6.07, 6.45) is 2.41. The van der Waals surface area contributed by atoms with Crippen LogP contribution in [0.15, 0.2) is 30.3 Å². The molecule has 1 aliphatic heterocycles. The lowest BCUT2D eigenvalue weighted by Crippen LogP contribution is -2.31. The number of ether oxygens (including phenoxy) is 1. The maximum atomic E-state index is 5.79. The number of rotatable bonds is 3. The lowest BCUT2D eigenvalue weighted by atomic mass is 10.0. The SMILES string of the molecule is CN(CC1CCCOC1)c1ccc2cc(N)ccc2n1. The first kappa shape index (κ1) is 13.2. The number of fused-ring (bicyclic) bond motifs is 1. The summed E-state index contributed by atoms with van der Waals surface area (Å²) in [5.41, 5.74) is 7.56. The number of aromatic nitrogens is 1. The van der Waals surface area contributed by atoms with Crippen molar-refractivity contribution in [2.24, 2.45) is 5.92 Å². The van der Waals surface area contributed by atoms with Crippen LogP contribution in [-0.2, 0) is 4.74 Å². The summed E-state index contributed by atoms with van der Waals surface area (Å²) in [6, 6.07) is 9.98. The Morgan fingerprint density at radius 2 is 2.25 bits per heavy atom. The van der Waals surface area contributed by atoms with Gasteiger partial charge in [0.1, 0.15) is 5.82 Å². The molecule has 1 aromatic heterocycles. The van der Waals surface area contributed by atoms with Crippen molar-refractivity contribution in [3.8, 4) is 0 Å². The molecule has 3 rings (SSSR count). The molecule has 2 aromatic rings. The molecule has 0 aliphatic carbocycles. The van der Waals surface area contributed by atoms with Gasteiger partial charge >= 0.3 is 0 Å². The van der Waals surface area contributed by atoms with Gasteiger partial charge in [-0.1, -0.05) is 0 Å². The highest BCUT2D eigenvalue weighted by atomic mass is 16.5. The summed E-state index contributed by atoms with van der Waals surface area (Å²) in [4.78, 5) is 6.93. The minimum atomic E-state index is 0.609. The van der Waals surface area contributed by atoms with E-state index in [4.69, 9.17) is 15.5 Å².